The van der Waals surface area contributed by atoms with Gasteiger partial charge in [0.2, 0.25) is 0 Å². The lowest BCUT2D eigenvalue weighted by atomic mass is 10.2. The molecule has 0 unspecified atom stereocenters. The predicted octanol–water partition coefficient (Wildman–Crippen LogP) is 5.53. The quantitative estimate of drug-likeness (QED) is 0.381. The summed E-state index contributed by atoms with van der Waals surface area (Å²) in [5, 5.41) is 11.7. The first-order valence-corrected chi connectivity index (χ1v) is 10.2. The number of benzene rings is 2. The molecule has 2 heterocycles. The van der Waals surface area contributed by atoms with E-state index >= 15 is 0 Å². The van der Waals surface area contributed by atoms with E-state index in [0.29, 0.717) is 21.4 Å². The Morgan fingerprint density at radius 2 is 1.70 bits per heavy atom. The molecule has 0 aliphatic carbocycles. The van der Waals surface area contributed by atoms with Crippen LogP contribution in [-0.4, -0.2) is 25.5 Å². The maximum atomic E-state index is 13.3. The van der Waals surface area contributed by atoms with Gasteiger partial charge in [0.15, 0.2) is 5.69 Å². The number of nitrogens with zero attached hydrogens (tertiary/aromatic N) is 4. The fourth-order valence-corrected chi connectivity index (χ4v) is 3.78. The number of primary amides is 1. The Bertz CT molecular complexity index is 1330. The molecule has 2 aromatic heterocycles. The number of hydrogen-bond acceptors (Lipinski definition) is 4. The number of carbonyl (C=O) groups excluding carboxylic acids is 1. The molecule has 0 saturated carbocycles. The van der Waals surface area contributed by atoms with E-state index in [4.69, 9.17) is 28.9 Å². The zero-order valence-corrected chi connectivity index (χ0v) is 18.4. The van der Waals surface area contributed by atoms with Gasteiger partial charge >= 0.3 is 6.18 Å². The van der Waals surface area contributed by atoms with Crippen molar-refractivity contribution in [2.24, 2.45) is 5.73 Å². The smallest absolute Gasteiger partial charge is 0.364 e. The standard InChI is InChI=1S/C21H15Cl2F3N6O/c1-11-9-17(21(24,25)26)32(29-11)13-7-5-12(6-8-13)28-16-10-31(30-18(16)20(27)33)19-14(22)3-2-4-15(19)23/h2-10,28H,1H3,(H2,27,33). The Balaban J connectivity index is 1.67. The molecule has 0 radical (unpaired) electrons. The lowest BCUT2D eigenvalue weighted by molar-refractivity contribution is -0.142. The topological polar surface area (TPSA) is 90.8 Å². The molecule has 3 N–H and O–H groups in total. The largest absolute Gasteiger partial charge is 0.433 e. The highest BCUT2D eigenvalue weighted by atomic mass is 35.5. The van der Waals surface area contributed by atoms with E-state index in [1.54, 1.807) is 18.2 Å². The Kier molecular flexibility index (Phi) is 5.81. The van der Waals surface area contributed by atoms with Crippen molar-refractivity contribution in [3.63, 3.8) is 0 Å². The van der Waals surface area contributed by atoms with Crippen LogP contribution in [0.5, 0.6) is 0 Å². The zero-order valence-electron chi connectivity index (χ0n) is 16.9. The van der Waals surface area contributed by atoms with Crippen LogP contribution >= 0.6 is 23.2 Å². The van der Waals surface area contributed by atoms with E-state index in [-0.39, 0.29) is 22.8 Å². The van der Waals surface area contributed by atoms with Crippen LogP contribution in [0.25, 0.3) is 11.4 Å². The molecular weight excluding hydrogens is 480 g/mol. The van der Waals surface area contributed by atoms with E-state index in [2.05, 4.69) is 15.5 Å². The maximum Gasteiger partial charge on any atom is 0.433 e. The number of aromatic nitrogens is 4. The number of para-hydroxylation sites is 1. The Labute approximate surface area is 195 Å². The molecule has 0 aliphatic rings. The van der Waals surface area contributed by atoms with Gasteiger partial charge in [-0.1, -0.05) is 29.3 Å². The Hall–Kier alpha value is -3.50. The molecule has 2 aromatic carbocycles. The number of carbonyl (C=O) groups is 1. The SMILES string of the molecule is Cc1cc(C(F)(F)F)n(-c2ccc(Nc3cn(-c4c(Cl)cccc4Cl)nc3C(N)=O)cc2)n1. The van der Waals surface area contributed by atoms with E-state index in [9.17, 15) is 18.0 Å². The number of alkyl halides is 3. The number of nitrogens with one attached hydrogen (secondary N) is 1. The number of anilines is 2. The van der Waals surface area contributed by atoms with Crippen molar-refractivity contribution in [1.82, 2.24) is 19.6 Å². The molecule has 7 nitrogen and oxygen atoms in total. The van der Waals surface area contributed by atoms with E-state index < -0.39 is 17.8 Å². The van der Waals surface area contributed by atoms with Crippen LogP contribution in [0, 0.1) is 6.92 Å². The second-order valence-corrected chi connectivity index (χ2v) is 7.84. The average molecular weight is 495 g/mol. The van der Waals surface area contributed by atoms with Crippen LogP contribution < -0.4 is 11.1 Å². The van der Waals surface area contributed by atoms with Crippen molar-refractivity contribution in [3.05, 3.63) is 81.9 Å². The molecule has 33 heavy (non-hydrogen) atoms. The minimum atomic E-state index is -4.55. The molecule has 4 aromatic rings. The van der Waals surface area contributed by atoms with Gasteiger partial charge in [-0.2, -0.15) is 23.4 Å². The Morgan fingerprint density at radius 1 is 1.06 bits per heavy atom. The summed E-state index contributed by atoms with van der Waals surface area (Å²) in [6, 6.07) is 11.9. The Morgan fingerprint density at radius 3 is 2.27 bits per heavy atom. The van der Waals surface area contributed by atoms with Crippen LogP contribution in [0.4, 0.5) is 24.5 Å². The van der Waals surface area contributed by atoms with Crippen LogP contribution in [0.1, 0.15) is 21.9 Å². The lowest BCUT2D eigenvalue weighted by Gasteiger charge is -2.11. The monoisotopic (exact) mass is 494 g/mol. The first-order chi connectivity index (χ1) is 15.5. The van der Waals surface area contributed by atoms with Gasteiger partial charge in [0.05, 0.1) is 33.3 Å². The number of halogens is 5. The summed E-state index contributed by atoms with van der Waals surface area (Å²) in [6.07, 6.45) is -3.07. The summed E-state index contributed by atoms with van der Waals surface area (Å²) in [6.45, 7) is 1.48. The molecule has 1 amide bonds. The van der Waals surface area contributed by atoms with Gasteiger partial charge in [-0.3, -0.25) is 4.79 Å². The van der Waals surface area contributed by atoms with Gasteiger partial charge in [0.1, 0.15) is 11.4 Å². The average Bonchev–Trinajstić information content (AvgIpc) is 3.32. The minimum absolute atomic E-state index is 0.0721. The summed E-state index contributed by atoms with van der Waals surface area (Å²) < 4.78 is 42.0. The van der Waals surface area contributed by atoms with Crippen LogP contribution in [0.2, 0.25) is 10.0 Å². The van der Waals surface area contributed by atoms with E-state index in [1.807, 2.05) is 0 Å². The van der Waals surface area contributed by atoms with Crippen molar-refractivity contribution < 1.29 is 18.0 Å². The van der Waals surface area contributed by atoms with Crippen molar-refractivity contribution in [2.45, 2.75) is 13.1 Å². The summed E-state index contributed by atoms with van der Waals surface area (Å²) in [5.41, 5.74) is 6.06. The second kappa shape index (κ2) is 8.45. The molecular formula is C21H15Cl2F3N6O. The van der Waals surface area contributed by atoms with E-state index in [1.165, 1.54) is 42.1 Å². The van der Waals surface area contributed by atoms with Crippen LogP contribution in [-0.2, 0) is 6.18 Å². The maximum absolute atomic E-state index is 13.3. The van der Waals surface area contributed by atoms with Gasteiger partial charge in [-0.25, -0.2) is 9.36 Å². The third-order valence-corrected chi connectivity index (χ3v) is 5.24. The van der Waals surface area contributed by atoms with Gasteiger partial charge in [-0.05, 0) is 49.4 Å². The normalized spacial score (nSPS) is 11.6. The number of amides is 1. The molecule has 0 spiro atoms. The van der Waals surface area contributed by atoms with Crippen molar-refractivity contribution >= 4 is 40.5 Å². The fraction of sp³-hybridized carbons (Fsp3) is 0.0952. The van der Waals surface area contributed by atoms with Crippen molar-refractivity contribution in [1.29, 1.82) is 0 Å². The highest BCUT2D eigenvalue weighted by Gasteiger charge is 2.35. The summed E-state index contributed by atoms with van der Waals surface area (Å²) >= 11 is 12.4. The lowest BCUT2D eigenvalue weighted by Crippen LogP contribution is -2.14. The van der Waals surface area contributed by atoms with Crippen LogP contribution in [0.3, 0.4) is 0 Å². The molecule has 12 heteroatoms. The molecule has 0 fully saturated rings. The highest BCUT2D eigenvalue weighted by molar-refractivity contribution is 6.37. The van der Waals surface area contributed by atoms with Crippen molar-refractivity contribution in [3.8, 4) is 11.4 Å². The first kappa shape index (κ1) is 22.7. The number of aryl methyl sites for hydroxylation is 1. The van der Waals surface area contributed by atoms with E-state index in [0.717, 1.165) is 10.7 Å². The van der Waals surface area contributed by atoms with Gasteiger partial charge in [0.25, 0.3) is 5.91 Å². The molecule has 0 bridgehead atoms. The summed E-state index contributed by atoms with van der Waals surface area (Å²) in [4.78, 5) is 11.9. The summed E-state index contributed by atoms with van der Waals surface area (Å²) in [5.74, 6) is -0.794. The third-order valence-electron chi connectivity index (χ3n) is 4.63. The number of rotatable bonds is 5. The van der Waals surface area contributed by atoms with Gasteiger partial charge in [-0.15, -0.1) is 0 Å². The molecule has 4 rings (SSSR count). The van der Waals surface area contributed by atoms with Gasteiger partial charge in [0, 0.05) is 5.69 Å². The summed E-state index contributed by atoms with van der Waals surface area (Å²) in [7, 11) is 0. The first-order valence-electron chi connectivity index (χ1n) is 9.40. The minimum Gasteiger partial charge on any atom is -0.364 e. The van der Waals surface area contributed by atoms with Gasteiger partial charge < -0.3 is 11.1 Å². The predicted molar refractivity (Wildman–Crippen MR) is 119 cm³/mol. The van der Waals surface area contributed by atoms with Crippen molar-refractivity contribution in [2.75, 3.05) is 5.32 Å². The zero-order chi connectivity index (χ0) is 23.9. The second-order valence-electron chi connectivity index (χ2n) is 7.02. The third kappa shape index (κ3) is 4.53. The fourth-order valence-electron chi connectivity index (χ4n) is 3.21. The molecule has 170 valence electrons. The molecule has 0 aliphatic heterocycles. The highest BCUT2D eigenvalue weighted by Crippen LogP contribution is 2.33. The molecule has 0 saturated heterocycles. The number of hydrogen-bond donors (Lipinski definition) is 2. The molecule has 0 atom stereocenters. The van der Waals surface area contributed by atoms with Crippen LogP contribution in [0.15, 0.2) is 54.7 Å². The number of nitrogens with two attached hydrogens (primary N) is 1.